The first-order valence-corrected chi connectivity index (χ1v) is 13.8. The van der Waals surface area contributed by atoms with E-state index in [1.165, 1.54) is 24.4 Å². The predicted octanol–water partition coefficient (Wildman–Crippen LogP) is 3.73. The lowest BCUT2D eigenvalue weighted by Crippen LogP contribution is -2.53. The van der Waals surface area contributed by atoms with Crippen molar-refractivity contribution in [3.63, 3.8) is 0 Å². The van der Waals surface area contributed by atoms with Crippen LogP contribution < -0.4 is 14.8 Å². The molecule has 2 aromatic carbocycles. The number of ether oxygens (including phenoxy) is 1. The molecule has 4 rings (SSSR count). The van der Waals surface area contributed by atoms with E-state index in [1.54, 1.807) is 26.0 Å². The number of carbonyl (C=O) groups is 1. The zero-order valence-electron chi connectivity index (χ0n) is 21.4. The second-order valence-corrected chi connectivity index (χ2v) is 11.6. The second kappa shape index (κ2) is 10.6. The topological polar surface area (TPSA) is 118 Å². The smallest absolute Gasteiger partial charge is 0.252 e. The Hall–Kier alpha value is -3.27. The molecular weight excluding hydrogens is 490 g/mol. The summed E-state index contributed by atoms with van der Waals surface area (Å²) in [5.74, 6) is -0.0898. The average molecular weight is 524 g/mol. The van der Waals surface area contributed by atoms with Crippen LogP contribution in [-0.2, 0) is 16.4 Å². The molecule has 0 spiro atoms. The summed E-state index contributed by atoms with van der Waals surface area (Å²) in [5.41, 5.74) is 1.54. The van der Waals surface area contributed by atoms with Crippen LogP contribution in [0, 0.1) is 0 Å². The number of nitrogens with zero attached hydrogens (tertiary/aromatic N) is 1. The molecule has 0 unspecified atom stereocenters. The lowest BCUT2D eigenvalue weighted by atomic mass is 9.88. The van der Waals surface area contributed by atoms with Gasteiger partial charge in [-0.05, 0) is 55.5 Å². The molecule has 37 heavy (non-hydrogen) atoms. The highest BCUT2D eigenvalue weighted by atomic mass is 32.2. The summed E-state index contributed by atoms with van der Waals surface area (Å²) >= 11 is 0. The number of amides is 1. The largest absolute Gasteiger partial charge is 0.469 e. The molecule has 9 heteroatoms. The van der Waals surface area contributed by atoms with E-state index in [1.807, 2.05) is 44.2 Å². The third-order valence-corrected chi connectivity index (χ3v) is 8.18. The Morgan fingerprint density at radius 3 is 2.46 bits per heavy atom. The minimum atomic E-state index is -3.99. The van der Waals surface area contributed by atoms with Crippen LogP contribution >= 0.6 is 0 Å². The summed E-state index contributed by atoms with van der Waals surface area (Å²) in [6.07, 6.45) is 0.946. The molecule has 0 bridgehead atoms. The Labute approximate surface area is 218 Å². The first kappa shape index (κ1) is 26.8. The number of carbonyl (C=O) groups excluding carboxylic acids is 1. The molecule has 3 N–H and O–H groups in total. The number of hydrogen-bond acceptors (Lipinski definition) is 6. The standard InChI is InChI=1S/C28H33N3O5S/c1-5-19-11-13-22(14-12-19)37(34,35)31-24-23-15-21(17-30-27(23)36-28(3,4)25(24)32)26(33)29-16-18(2)20-9-7-6-8-10-20/h6-15,17-18,24-25,31-32H,5,16H2,1-4H3,(H,29,33)/t18-,24-,25+/m1/s1. The number of hydrogen-bond donors (Lipinski definition) is 3. The van der Waals surface area contributed by atoms with E-state index in [0.717, 1.165) is 17.5 Å². The van der Waals surface area contributed by atoms with Crippen molar-refractivity contribution < 1.29 is 23.1 Å². The maximum Gasteiger partial charge on any atom is 0.252 e. The summed E-state index contributed by atoms with van der Waals surface area (Å²) in [7, 11) is -3.99. The molecule has 3 aromatic rings. The second-order valence-electron chi connectivity index (χ2n) is 9.89. The summed E-state index contributed by atoms with van der Waals surface area (Å²) < 4.78 is 35.0. The molecule has 8 nitrogen and oxygen atoms in total. The van der Waals surface area contributed by atoms with E-state index in [2.05, 4.69) is 15.0 Å². The van der Waals surface area contributed by atoms with Gasteiger partial charge in [0.25, 0.3) is 5.91 Å². The molecule has 2 heterocycles. The van der Waals surface area contributed by atoms with Crippen molar-refractivity contribution >= 4 is 15.9 Å². The van der Waals surface area contributed by atoms with Crippen molar-refractivity contribution in [2.24, 2.45) is 0 Å². The van der Waals surface area contributed by atoms with Crippen LogP contribution in [0.2, 0.25) is 0 Å². The molecule has 0 fully saturated rings. The van der Waals surface area contributed by atoms with Gasteiger partial charge in [0.2, 0.25) is 15.9 Å². The molecule has 1 aliphatic rings. The minimum absolute atomic E-state index is 0.0829. The molecule has 3 atom stereocenters. The van der Waals surface area contributed by atoms with E-state index >= 15 is 0 Å². The highest BCUT2D eigenvalue weighted by molar-refractivity contribution is 7.89. The van der Waals surface area contributed by atoms with Crippen molar-refractivity contribution in [3.05, 3.63) is 89.1 Å². The summed E-state index contributed by atoms with van der Waals surface area (Å²) in [4.78, 5) is 17.3. The number of rotatable bonds is 8. The van der Waals surface area contributed by atoms with E-state index in [0.29, 0.717) is 12.1 Å². The number of fused-ring (bicyclic) bond motifs is 1. The molecule has 0 saturated carbocycles. The summed E-state index contributed by atoms with van der Waals surface area (Å²) in [6.45, 7) is 7.74. The van der Waals surface area contributed by atoms with Crippen LogP contribution in [0.4, 0.5) is 0 Å². The molecule has 0 saturated heterocycles. The van der Waals surface area contributed by atoms with Gasteiger partial charge in [0.15, 0.2) is 0 Å². The quantitative estimate of drug-likeness (QED) is 0.414. The lowest BCUT2D eigenvalue weighted by Gasteiger charge is -2.41. The highest BCUT2D eigenvalue weighted by Crippen LogP contribution is 2.39. The number of nitrogens with one attached hydrogen (secondary N) is 2. The fourth-order valence-corrected chi connectivity index (χ4v) is 5.52. The van der Waals surface area contributed by atoms with Crippen molar-refractivity contribution in [2.75, 3.05) is 6.54 Å². The van der Waals surface area contributed by atoms with Crippen LogP contribution in [0.3, 0.4) is 0 Å². The number of sulfonamides is 1. The number of aromatic nitrogens is 1. The van der Waals surface area contributed by atoms with E-state index < -0.39 is 27.8 Å². The van der Waals surface area contributed by atoms with Gasteiger partial charge >= 0.3 is 0 Å². The van der Waals surface area contributed by atoms with E-state index in [4.69, 9.17) is 4.74 Å². The molecule has 0 aliphatic carbocycles. The van der Waals surface area contributed by atoms with Crippen molar-refractivity contribution in [1.29, 1.82) is 0 Å². The van der Waals surface area contributed by atoms with Gasteiger partial charge in [-0.15, -0.1) is 0 Å². The van der Waals surface area contributed by atoms with Crippen LogP contribution in [0.5, 0.6) is 5.88 Å². The van der Waals surface area contributed by atoms with Gasteiger partial charge < -0.3 is 15.2 Å². The normalized spacial score (nSPS) is 19.4. The van der Waals surface area contributed by atoms with Crippen LogP contribution in [0.25, 0.3) is 0 Å². The number of aliphatic hydroxyl groups excluding tert-OH is 1. The Bertz CT molecular complexity index is 1360. The van der Waals surface area contributed by atoms with Crippen molar-refractivity contribution in [3.8, 4) is 5.88 Å². The van der Waals surface area contributed by atoms with Crippen LogP contribution in [0.1, 0.15) is 66.7 Å². The summed E-state index contributed by atoms with van der Waals surface area (Å²) in [5, 5.41) is 14.0. The maximum absolute atomic E-state index is 13.2. The number of aliphatic hydroxyl groups is 1. The average Bonchev–Trinajstić information content (AvgIpc) is 2.89. The SMILES string of the molecule is CCc1ccc(S(=O)(=O)N[C@@H]2c3cc(C(=O)NC[C@@H](C)c4ccccc4)cnc3OC(C)(C)[C@H]2O)cc1. The van der Waals surface area contributed by atoms with Gasteiger partial charge in [0, 0.05) is 18.3 Å². The van der Waals surface area contributed by atoms with Gasteiger partial charge in [-0.3, -0.25) is 4.79 Å². The van der Waals surface area contributed by atoms with Gasteiger partial charge in [0.1, 0.15) is 11.7 Å². The van der Waals surface area contributed by atoms with Gasteiger partial charge in [-0.1, -0.05) is 56.3 Å². The maximum atomic E-state index is 13.2. The van der Waals surface area contributed by atoms with Crippen molar-refractivity contribution in [2.45, 2.75) is 62.7 Å². The number of aryl methyl sites for hydroxylation is 1. The number of pyridine rings is 1. The third-order valence-electron chi connectivity index (χ3n) is 6.73. The zero-order chi connectivity index (χ0) is 26.8. The first-order valence-electron chi connectivity index (χ1n) is 12.3. The lowest BCUT2D eigenvalue weighted by molar-refractivity contribution is -0.0632. The Kier molecular flexibility index (Phi) is 7.68. The fourth-order valence-electron chi connectivity index (χ4n) is 4.30. The monoisotopic (exact) mass is 523 g/mol. The molecule has 196 valence electrons. The predicted molar refractivity (Wildman–Crippen MR) is 141 cm³/mol. The van der Waals surface area contributed by atoms with Gasteiger partial charge in [-0.2, -0.15) is 0 Å². The molecule has 1 aliphatic heterocycles. The Balaban J connectivity index is 1.59. The van der Waals surface area contributed by atoms with E-state index in [-0.39, 0.29) is 28.2 Å². The molecule has 0 radical (unpaired) electrons. The Morgan fingerprint density at radius 2 is 1.81 bits per heavy atom. The van der Waals surface area contributed by atoms with Crippen LogP contribution in [0.15, 0.2) is 71.8 Å². The third kappa shape index (κ3) is 5.84. The van der Waals surface area contributed by atoms with E-state index in [9.17, 15) is 18.3 Å². The fraction of sp³-hybridized carbons (Fsp3) is 0.357. The molecular formula is C28H33N3O5S. The summed E-state index contributed by atoms with van der Waals surface area (Å²) in [6, 6.07) is 16.9. The zero-order valence-corrected chi connectivity index (χ0v) is 22.2. The Morgan fingerprint density at radius 1 is 1.14 bits per heavy atom. The van der Waals surface area contributed by atoms with Gasteiger partial charge in [-0.25, -0.2) is 18.1 Å². The van der Waals surface area contributed by atoms with Crippen LogP contribution in [-0.4, -0.2) is 42.7 Å². The molecule has 1 aromatic heterocycles. The first-order chi connectivity index (χ1) is 17.5. The van der Waals surface area contributed by atoms with Crippen molar-refractivity contribution in [1.82, 2.24) is 15.0 Å². The molecule has 1 amide bonds. The van der Waals surface area contributed by atoms with Gasteiger partial charge in [0.05, 0.1) is 16.5 Å². The highest BCUT2D eigenvalue weighted by Gasteiger charge is 2.45. The minimum Gasteiger partial charge on any atom is -0.469 e. The number of benzene rings is 2.